The minimum absolute atomic E-state index is 0.124. The molecule has 1 N–H and O–H groups in total. The highest BCUT2D eigenvalue weighted by molar-refractivity contribution is 9.10. The molecule has 2 aliphatic rings. The molecule has 2 atom stereocenters. The molecule has 0 amide bonds. The Morgan fingerprint density at radius 2 is 1.84 bits per heavy atom. The number of halogens is 1. The number of hydrogen-bond acceptors (Lipinski definition) is 4. The lowest BCUT2D eigenvalue weighted by molar-refractivity contribution is -0.00304. The standard InChI is InChI=1S/C14H17BrO4/c15-10-8-13-12(18-5-2-6-19-13)7-9(10)14(16)11-3-1-4-17-11/h7-8,11,14,16H,1-6H2. The third-order valence-corrected chi connectivity index (χ3v) is 4.19. The molecule has 1 aromatic carbocycles. The lowest BCUT2D eigenvalue weighted by Crippen LogP contribution is -2.17. The maximum Gasteiger partial charge on any atom is 0.162 e. The second-order valence-electron chi connectivity index (χ2n) is 4.87. The summed E-state index contributed by atoms with van der Waals surface area (Å²) in [4.78, 5) is 0. The number of benzene rings is 1. The van der Waals surface area contributed by atoms with E-state index in [1.807, 2.05) is 12.1 Å². The molecule has 0 spiro atoms. The highest BCUT2D eigenvalue weighted by atomic mass is 79.9. The SMILES string of the molecule is OC(c1cc2c(cc1Br)OCCCO2)C1CCCO1. The van der Waals surface area contributed by atoms with Gasteiger partial charge >= 0.3 is 0 Å². The van der Waals surface area contributed by atoms with Crippen LogP contribution in [0.3, 0.4) is 0 Å². The van der Waals surface area contributed by atoms with Crippen molar-refractivity contribution in [3.63, 3.8) is 0 Å². The van der Waals surface area contributed by atoms with Gasteiger partial charge in [0.1, 0.15) is 6.10 Å². The smallest absolute Gasteiger partial charge is 0.162 e. The van der Waals surface area contributed by atoms with Crippen LogP contribution in [0, 0.1) is 0 Å². The van der Waals surface area contributed by atoms with E-state index in [1.165, 1.54) is 0 Å². The van der Waals surface area contributed by atoms with Gasteiger partial charge in [0, 0.05) is 23.1 Å². The van der Waals surface area contributed by atoms with Crippen molar-refractivity contribution in [2.45, 2.75) is 31.5 Å². The van der Waals surface area contributed by atoms with Crippen molar-refractivity contribution in [3.05, 3.63) is 22.2 Å². The first-order valence-electron chi connectivity index (χ1n) is 6.64. The first kappa shape index (κ1) is 13.2. The number of rotatable bonds is 2. The van der Waals surface area contributed by atoms with E-state index in [0.29, 0.717) is 19.0 Å². The van der Waals surface area contributed by atoms with E-state index in [4.69, 9.17) is 14.2 Å². The summed E-state index contributed by atoms with van der Waals surface area (Å²) < 4.78 is 17.7. The van der Waals surface area contributed by atoms with Crippen molar-refractivity contribution in [2.75, 3.05) is 19.8 Å². The molecule has 0 radical (unpaired) electrons. The van der Waals surface area contributed by atoms with Crippen molar-refractivity contribution < 1.29 is 19.3 Å². The van der Waals surface area contributed by atoms with E-state index in [2.05, 4.69) is 15.9 Å². The Morgan fingerprint density at radius 3 is 2.53 bits per heavy atom. The van der Waals surface area contributed by atoms with Gasteiger partial charge in [-0.15, -0.1) is 0 Å². The highest BCUT2D eigenvalue weighted by Gasteiger charge is 2.28. The molecular formula is C14H17BrO4. The van der Waals surface area contributed by atoms with Crippen LogP contribution in [0.15, 0.2) is 16.6 Å². The topological polar surface area (TPSA) is 47.9 Å². The minimum atomic E-state index is -0.631. The molecule has 104 valence electrons. The lowest BCUT2D eigenvalue weighted by Gasteiger charge is -2.20. The van der Waals surface area contributed by atoms with E-state index in [1.54, 1.807) is 0 Å². The Labute approximate surface area is 120 Å². The molecule has 0 aliphatic carbocycles. The molecule has 1 aromatic rings. The summed E-state index contributed by atoms with van der Waals surface area (Å²) in [6.45, 7) is 2.03. The second kappa shape index (κ2) is 5.69. The molecule has 3 rings (SSSR count). The molecular weight excluding hydrogens is 312 g/mol. The predicted octanol–water partition coefficient (Wildman–Crippen LogP) is 2.82. The van der Waals surface area contributed by atoms with Crippen LogP contribution < -0.4 is 9.47 Å². The van der Waals surface area contributed by atoms with Gasteiger partial charge in [0.25, 0.3) is 0 Å². The summed E-state index contributed by atoms with van der Waals surface area (Å²) in [7, 11) is 0. The Balaban J connectivity index is 1.90. The van der Waals surface area contributed by atoms with Crippen LogP contribution >= 0.6 is 15.9 Å². The quantitative estimate of drug-likeness (QED) is 0.906. The van der Waals surface area contributed by atoms with Crippen molar-refractivity contribution in [3.8, 4) is 11.5 Å². The predicted molar refractivity (Wildman–Crippen MR) is 73.7 cm³/mol. The summed E-state index contributed by atoms with van der Waals surface area (Å²) in [6, 6.07) is 3.73. The van der Waals surface area contributed by atoms with Crippen LogP contribution in [0.4, 0.5) is 0 Å². The molecule has 19 heavy (non-hydrogen) atoms. The molecule has 2 aliphatic heterocycles. The summed E-state index contributed by atoms with van der Waals surface area (Å²) in [5.74, 6) is 1.43. The van der Waals surface area contributed by atoms with Crippen molar-refractivity contribution in [2.24, 2.45) is 0 Å². The zero-order valence-corrected chi connectivity index (χ0v) is 12.2. The molecule has 1 fully saturated rings. The van der Waals surface area contributed by atoms with Gasteiger partial charge in [0.2, 0.25) is 0 Å². The van der Waals surface area contributed by atoms with Crippen molar-refractivity contribution in [1.82, 2.24) is 0 Å². The molecule has 2 heterocycles. The van der Waals surface area contributed by atoms with Crippen LogP contribution in [-0.4, -0.2) is 31.0 Å². The Kier molecular flexibility index (Phi) is 3.96. The van der Waals surface area contributed by atoms with Crippen LogP contribution in [0.2, 0.25) is 0 Å². The lowest BCUT2D eigenvalue weighted by atomic mass is 10.0. The number of hydrogen-bond donors (Lipinski definition) is 1. The zero-order valence-electron chi connectivity index (χ0n) is 10.6. The van der Waals surface area contributed by atoms with Crippen LogP contribution in [0.1, 0.15) is 30.9 Å². The van der Waals surface area contributed by atoms with Crippen molar-refractivity contribution >= 4 is 15.9 Å². The Hall–Kier alpha value is -0.780. The van der Waals surface area contributed by atoms with E-state index >= 15 is 0 Å². The summed E-state index contributed by atoms with van der Waals surface area (Å²) in [5, 5.41) is 10.4. The van der Waals surface area contributed by atoms with Gasteiger partial charge in [0.05, 0.1) is 19.3 Å². The number of fused-ring (bicyclic) bond motifs is 1. The highest BCUT2D eigenvalue weighted by Crippen LogP contribution is 2.39. The zero-order chi connectivity index (χ0) is 13.2. The van der Waals surface area contributed by atoms with Gasteiger partial charge in [-0.3, -0.25) is 0 Å². The number of aliphatic hydroxyl groups excluding tert-OH is 1. The third-order valence-electron chi connectivity index (χ3n) is 3.50. The molecule has 0 bridgehead atoms. The van der Waals surface area contributed by atoms with Crippen LogP contribution in [-0.2, 0) is 4.74 Å². The summed E-state index contributed by atoms with van der Waals surface area (Å²) in [5.41, 5.74) is 0.802. The van der Waals surface area contributed by atoms with Crippen LogP contribution in [0.5, 0.6) is 11.5 Å². The maximum atomic E-state index is 10.4. The van der Waals surface area contributed by atoms with Gasteiger partial charge in [0.15, 0.2) is 11.5 Å². The molecule has 2 unspecified atom stereocenters. The van der Waals surface area contributed by atoms with Crippen LogP contribution in [0.25, 0.3) is 0 Å². The fraction of sp³-hybridized carbons (Fsp3) is 0.571. The van der Waals surface area contributed by atoms with Gasteiger partial charge in [-0.1, -0.05) is 15.9 Å². The largest absolute Gasteiger partial charge is 0.490 e. The van der Waals surface area contributed by atoms with Gasteiger partial charge in [-0.2, -0.15) is 0 Å². The van der Waals surface area contributed by atoms with Gasteiger partial charge in [-0.25, -0.2) is 0 Å². The summed E-state index contributed by atoms with van der Waals surface area (Å²) >= 11 is 3.50. The van der Waals surface area contributed by atoms with Gasteiger partial charge in [-0.05, 0) is 25.0 Å². The van der Waals surface area contributed by atoms with E-state index in [9.17, 15) is 5.11 Å². The number of aliphatic hydroxyl groups is 1. The molecule has 4 nitrogen and oxygen atoms in total. The third kappa shape index (κ3) is 2.73. The molecule has 0 aromatic heterocycles. The Bertz CT molecular complexity index is 457. The maximum absolute atomic E-state index is 10.4. The van der Waals surface area contributed by atoms with E-state index in [0.717, 1.165) is 41.7 Å². The minimum Gasteiger partial charge on any atom is -0.490 e. The fourth-order valence-electron chi connectivity index (χ4n) is 2.48. The summed E-state index contributed by atoms with van der Waals surface area (Å²) in [6.07, 6.45) is 2.01. The van der Waals surface area contributed by atoms with E-state index in [-0.39, 0.29) is 6.10 Å². The fourth-order valence-corrected chi connectivity index (χ4v) is 3.04. The van der Waals surface area contributed by atoms with Gasteiger partial charge < -0.3 is 19.3 Å². The number of ether oxygens (including phenoxy) is 3. The first-order chi connectivity index (χ1) is 9.25. The second-order valence-corrected chi connectivity index (χ2v) is 5.72. The normalized spacial score (nSPS) is 24.0. The first-order valence-corrected chi connectivity index (χ1v) is 7.44. The monoisotopic (exact) mass is 328 g/mol. The van der Waals surface area contributed by atoms with Crippen molar-refractivity contribution in [1.29, 1.82) is 0 Å². The molecule has 5 heteroatoms. The Morgan fingerprint density at radius 1 is 1.11 bits per heavy atom. The van der Waals surface area contributed by atoms with E-state index < -0.39 is 6.10 Å². The molecule has 0 saturated carbocycles. The average Bonchev–Trinajstić information content (AvgIpc) is 2.84. The average molecular weight is 329 g/mol. The molecule has 1 saturated heterocycles.